The molecule has 15 heavy (non-hydrogen) atoms. The quantitative estimate of drug-likeness (QED) is 0.637. The van der Waals surface area contributed by atoms with E-state index in [2.05, 4.69) is 27.3 Å². The van der Waals surface area contributed by atoms with E-state index >= 15 is 0 Å². The molecule has 1 aromatic carbocycles. The molecule has 0 bridgehead atoms. The van der Waals surface area contributed by atoms with Crippen molar-refractivity contribution in [1.82, 2.24) is 5.32 Å². The lowest BCUT2D eigenvalue weighted by Gasteiger charge is -2.05. The van der Waals surface area contributed by atoms with Gasteiger partial charge in [0.2, 0.25) is 0 Å². The second kappa shape index (κ2) is 6.75. The lowest BCUT2D eigenvalue weighted by atomic mass is 10.2. The summed E-state index contributed by atoms with van der Waals surface area (Å²) in [6.07, 6.45) is 5.18. The molecule has 0 aliphatic heterocycles. The van der Waals surface area contributed by atoms with Gasteiger partial charge in [0.25, 0.3) is 0 Å². The van der Waals surface area contributed by atoms with Gasteiger partial charge in [0.1, 0.15) is 5.82 Å². The molecule has 0 aliphatic carbocycles. The SMILES string of the molecule is C/C=C/CCNCc1ccc(F)cc1Br. The van der Waals surface area contributed by atoms with Crippen LogP contribution >= 0.6 is 15.9 Å². The van der Waals surface area contributed by atoms with E-state index in [-0.39, 0.29) is 5.82 Å². The standard InChI is InChI=1S/C12H15BrFN/c1-2-3-4-7-15-9-10-5-6-11(14)8-12(10)13/h2-3,5-6,8,15H,4,7,9H2,1H3/b3-2+. The molecule has 0 aliphatic rings. The highest BCUT2D eigenvalue weighted by atomic mass is 79.9. The van der Waals surface area contributed by atoms with Crippen molar-refractivity contribution in [3.05, 3.63) is 46.2 Å². The lowest BCUT2D eigenvalue weighted by Crippen LogP contribution is -2.14. The molecule has 0 heterocycles. The fourth-order valence-corrected chi connectivity index (χ4v) is 1.73. The largest absolute Gasteiger partial charge is 0.312 e. The van der Waals surface area contributed by atoms with Crippen LogP contribution in [0, 0.1) is 5.82 Å². The third-order valence-corrected chi connectivity index (χ3v) is 2.79. The third kappa shape index (κ3) is 4.58. The molecule has 0 unspecified atom stereocenters. The molecule has 0 fully saturated rings. The van der Waals surface area contributed by atoms with Crippen molar-refractivity contribution in [3.63, 3.8) is 0 Å². The first kappa shape index (κ1) is 12.4. The first-order chi connectivity index (χ1) is 7.24. The number of hydrogen-bond donors (Lipinski definition) is 1. The molecule has 1 N–H and O–H groups in total. The highest BCUT2D eigenvalue weighted by Crippen LogP contribution is 2.17. The summed E-state index contributed by atoms with van der Waals surface area (Å²) in [6.45, 7) is 3.71. The predicted octanol–water partition coefficient (Wildman–Crippen LogP) is 3.64. The average molecular weight is 272 g/mol. The Hall–Kier alpha value is -0.670. The molecule has 0 amide bonds. The van der Waals surface area contributed by atoms with Gasteiger partial charge >= 0.3 is 0 Å². The summed E-state index contributed by atoms with van der Waals surface area (Å²) >= 11 is 3.34. The number of nitrogens with one attached hydrogen (secondary N) is 1. The Labute approximate surface area is 98.5 Å². The van der Waals surface area contributed by atoms with Gasteiger partial charge in [0.15, 0.2) is 0 Å². The van der Waals surface area contributed by atoms with E-state index in [1.54, 1.807) is 6.07 Å². The predicted molar refractivity (Wildman–Crippen MR) is 65.2 cm³/mol. The van der Waals surface area contributed by atoms with Gasteiger partial charge in [-0.2, -0.15) is 0 Å². The molecule has 0 saturated heterocycles. The van der Waals surface area contributed by atoms with Crippen LogP contribution in [0.15, 0.2) is 34.8 Å². The van der Waals surface area contributed by atoms with Crippen LogP contribution in [0.5, 0.6) is 0 Å². The zero-order valence-electron chi connectivity index (χ0n) is 8.76. The highest BCUT2D eigenvalue weighted by Gasteiger charge is 2.00. The van der Waals surface area contributed by atoms with Crippen LogP contribution in [0.4, 0.5) is 4.39 Å². The zero-order valence-corrected chi connectivity index (χ0v) is 10.3. The Balaban J connectivity index is 2.37. The molecule has 3 heteroatoms. The lowest BCUT2D eigenvalue weighted by molar-refractivity contribution is 0.623. The van der Waals surface area contributed by atoms with Crippen LogP contribution < -0.4 is 5.32 Å². The van der Waals surface area contributed by atoms with Gasteiger partial charge in [-0.1, -0.05) is 34.1 Å². The molecule has 0 aromatic heterocycles. The zero-order chi connectivity index (χ0) is 11.1. The minimum Gasteiger partial charge on any atom is -0.312 e. The summed E-state index contributed by atoms with van der Waals surface area (Å²) < 4.78 is 13.6. The van der Waals surface area contributed by atoms with Crippen LogP contribution in [-0.2, 0) is 6.54 Å². The number of hydrogen-bond acceptors (Lipinski definition) is 1. The van der Waals surface area contributed by atoms with Crippen molar-refractivity contribution in [2.75, 3.05) is 6.54 Å². The molecular formula is C12H15BrFN. The Bertz CT molecular complexity index is 336. The molecule has 1 nitrogen and oxygen atoms in total. The summed E-state index contributed by atoms with van der Waals surface area (Å²) in [5.41, 5.74) is 1.08. The minimum atomic E-state index is -0.209. The minimum absolute atomic E-state index is 0.209. The second-order valence-corrected chi connectivity index (χ2v) is 4.12. The van der Waals surface area contributed by atoms with E-state index in [4.69, 9.17) is 0 Å². The van der Waals surface area contributed by atoms with Crippen LogP contribution in [-0.4, -0.2) is 6.54 Å². The smallest absolute Gasteiger partial charge is 0.124 e. The van der Waals surface area contributed by atoms with E-state index < -0.39 is 0 Å². The van der Waals surface area contributed by atoms with Crippen molar-refractivity contribution in [2.45, 2.75) is 19.9 Å². The third-order valence-electron chi connectivity index (χ3n) is 2.05. The summed E-state index contributed by atoms with van der Waals surface area (Å²) in [5.74, 6) is -0.209. The fraction of sp³-hybridized carbons (Fsp3) is 0.333. The molecule has 82 valence electrons. The molecule has 0 saturated carbocycles. The number of benzene rings is 1. The van der Waals surface area contributed by atoms with Crippen molar-refractivity contribution in [3.8, 4) is 0 Å². The van der Waals surface area contributed by atoms with Crippen LogP contribution in [0.2, 0.25) is 0 Å². The highest BCUT2D eigenvalue weighted by molar-refractivity contribution is 9.10. The van der Waals surface area contributed by atoms with E-state index in [9.17, 15) is 4.39 Å². The van der Waals surface area contributed by atoms with Crippen molar-refractivity contribution in [1.29, 1.82) is 0 Å². The van der Waals surface area contributed by atoms with E-state index in [1.807, 2.05) is 13.0 Å². The van der Waals surface area contributed by atoms with Crippen LogP contribution in [0.3, 0.4) is 0 Å². The topological polar surface area (TPSA) is 12.0 Å². The van der Waals surface area contributed by atoms with Crippen molar-refractivity contribution < 1.29 is 4.39 Å². The molecule has 0 atom stereocenters. The molecule has 1 aromatic rings. The van der Waals surface area contributed by atoms with Gasteiger partial charge in [-0.05, 0) is 37.6 Å². The fourth-order valence-electron chi connectivity index (χ4n) is 1.24. The Morgan fingerprint density at radius 1 is 1.47 bits per heavy atom. The van der Waals surface area contributed by atoms with E-state index in [0.29, 0.717) is 0 Å². The van der Waals surface area contributed by atoms with Crippen LogP contribution in [0.25, 0.3) is 0 Å². The van der Waals surface area contributed by atoms with Gasteiger partial charge in [0.05, 0.1) is 0 Å². The van der Waals surface area contributed by atoms with Crippen molar-refractivity contribution >= 4 is 15.9 Å². The van der Waals surface area contributed by atoms with Gasteiger partial charge in [0, 0.05) is 11.0 Å². The number of allylic oxidation sites excluding steroid dienone is 1. The Morgan fingerprint density at radius 3 is 2.93 bits per heavy atom. The summed E-state index contributed by atoms with van der Waals surface area (Å²) in [5, 5.41) is 3.29. The average Bonchev–Trinajstić information content (AvgIpc) is 2.20. The first-order valence-corrected chi connectivity index (χ1v) is 5.79. The maximum Gasteiger partial charge on any atom is 0.124 e. The molecular weight excluding hydrogens is 257 g/mol. The maximum atomic E-state index is 12.8. The van der Waals surface area contributed by atoms with E-state index in [1.165, 1.54) is 12.1 Å². The second-order valence-electron chi connectivity index (χ2n) is 3.27. The maximum absolute atomic E-state index is 12.8. The van der Waals surface area contributed by atoms with Gasteiger partial charge in [-0.25, -0.2) is 4.39 Å². The first-order valence-electron chi connectivity index (χ1n) is 5.00. The summed E-state index contributed by atoms with van der Waals surface area (Å²) in [7, 11) is 0. The van der Waals surface area contributed by atoms with Gasteiger partial charge < -0.3 is 5.32 Å². The Kier molecular flexibility index (Phi) is 5.58. The van der Waals surface area contributed by atoms with Crippen LogP contribution in [0.1, 0.15) is 18.9 Å². The molecule has 1 rings (SSSR count). The summed E-state index contributed by atoms with van der Waals surface area (Å²) in [4.78, 5) is 0. The Morgan fingerprint density at radius 2 is 2.27 bits per heavy atom. The number of rotatable bonds is 5. The molecule has 0 spiro atoms. The van der Waals surface area contributed by atoms with E-state index in [0.717, 1.165) is 29.5 Å². The summed E-state index contributed by atoms with van der Waals surface area (Å²) in [6, 6.07) is 4.76. The van der Waals surface area contributed by atoms with Gasteiger partial charge in [-0.15, -0.1) is 0 Å². The normalized spacial score (nSPS) is 11.1. The van der Waals surface area contributed by atoms with Crippen molar-refractivity contribution in [2.24, 2.45) is 0 Å². The van der Waals surface area contributed by atoms with Gasteiger partial charge in [-0.3, -0.25) is 0 Å². The molecule has 0 radical (unpaired) electrons. The monoisotopic (exact) mass is 271 g/mol. The number of halogens is 2.